The molecule has 108 valence electrons. The minimum Gasteiger partial charge on any atom is -0.377 e. The van der Waals surface area contributed by atoms with Crippen LogP contribution in [-0.2, 0) is 0 Å². The molecule has 20 heavy (non-hydrogen) atoms. The number of ketones is 1. The molecule has 1 atom stereocenters. The van der Waals surface area contributed by atoms with E-state index in [2.05, 4.69) is 5.32 Å². The number of carbonyl (C=O) groups is 1. The minimum atomic E-state index is -0.442. The summed E-state index contributed by atoms with van der Waals surface area (Å²) in [5, 5.41) is 14.3. The van der Waals surface area contributed by atoms with Crippen molar-refractivity contribution in [1.82, 2.24) is 0 Å². The number of carbonyl (C=O) groups excluding carboxylic acids is 1. The van der Waals surface area contributed by atoms with Crippen molar-refractivity contribution in [2.75, 3.05) is 5.32 Å². The summed E-state index contributed by atoms with van der Waals surface area (Å²) in [4.78, 5) is 22.0. The van der Waals surface area contributed by atoms with Crippen LogP contribution in [0.4, 0.5) is 11.4 Å². The third-order valence-electron chi connectivity index (χ3n) is 3.71. The topological polar surface area (TPSA) is 72.2 Å². The zero-order valence-electron chi connectivity index (χ0n) is 11.9. The van der Waals surface area contributed by atoms with Crippen molar-refractivity contribution >= 4 is 17.2 Å². The zero-order valence-corrected chi connectivity index (χ0v) is 11.9. The fraction of sp³-hybridized carbons (Fsp3) is 0.533. The molecule has 0 bridgehead atoms. The lowest BCUT2D eigenvalue weighted by molar-refractivity contribution is -0.384. The Hall–Kier alpha value is -1.91. The van der Waals surface area contributed by atoms with Gasteiger partial charge in [0.2, 0.25) is 0 Å². The maximum absolute atomic E-state index is 11.3. The maximum atomic E-state index is 11.3. The molecule has 1 saturated carbocycles. The number of nitro groups is 1. The van der Waals surface area contributed by atoms with Crippen molar-refractivity contribution in [1.29, 1.82) is 0 Å². The molecule has 1 aliphatic carbocycles. The molecule has 2 rings (SSSR count). The Bertz CT molecular complexity index is 524. The lowest BCUT2D eigenvalue weighted by atomic mass is 10.1. The number of nitrogens with one attached hydrogen (secondary N) is 1. The molecular weight excluding hydrogens is 256 g/mol. The smallest absolute Gasteiger partial charge is 0.293 e. The number of anilines is 1. The van der Waals surface area contributed by atoms with Gasteiger partial charge in [-0.25, -0.2) is 0 Å². The van der Waals surface area contributed by atoms with Crippen molar-refractivity contribution < 1.29 is 9.72 Å². The molecule has 0 amide bonds. The average molecular weight is 276 g/mol. The van der Waals surface area contributed by atoms with Crippen molar-refractivity contribution in [3.05, 3.63) is 33.9 Å². The highest BCUT2D eigenvalue weighted by Crippen LogP contribution is 2.34. The molecule has 1 aromatic carbocycles. The fourth-order valence-corrected chi connectivity index (χ4v) is 2.25. The molecule has 1 N–H and O–H groups in total. The first kappa shape index (κ1) is 14.5. The number of hydrogen-bond donors (Lipinski definition) is 1. The number of nitrogens with zero attached hydrogens (tertiary/aromatic N) is 1. The van der Waals surface area contributed by atoms with E-state index in [1.54, 1.807) is 12.1 Å². The van der Waals surface area contributed by atoms with Crippen molar-refractivity contribution in [2.45, 2.75) is 45.6 Å². The van der Waals surface area contributed by atoms with Gasteiger partial charge in [-0.1, -0.05) is 12.8 Å². The molecule has 1 aliphatic rings. The Morgan fingerprint density at radius 1 is 1.50 bits per heavy atom. The zero-order chi connectivity index (χ0) is 14.7. The van der Waals surface area contributed by atoms with Crippen LogP contribution >= 0.6 is 0 Å². The highest BCUT2D eigenvalue weighted by Gasteiger charge is 2.22. The van der Waals surface area contributed by atoms with Gasteiger partial charge in [-0.05, 0) is 44.7 Å². The lowest BCUT2D eigenvalue weighted by Gasteiger charge is -2.15. The van der Waals surface area contributed by atoms with Crippen molar-refractivity contribution in [3.8, 4) is 0 Å². The number of Topliss-reactive ketones (excluding diaryl/α,β-unsaturated/α-hetero) is 1. The Labute approximate surface area is 118 Å². The van der Waals surface area contributed by atoms with E-state index in [0.717, 1.165) is 12.3 Å². The van der Waals surface area contributed by atoms with Gasteiger partial charge >= 0.3 is 0 Å². The molecule has 0 aliphatic heterocycles. The minimum absolute atomic E-state index is 0.0315. The second-order valence-corrected chi connectivity index (χ2v) is 5.61. The molecule has 1 unspecified atom stereocenters. The molecule has 5 heteroatoms. The fourth-order valence-electron chi connectivity index (χ4n) is 2.25. The van der Waals surface area contributed by atoms with Gasteiger partial charge in [0.25, 0.3) is 5.69 Å². The quantitative estimate of drug-likeness (QED) is 0.467. The molecule has 0 radical (unpaired) electrons. The first-order chi connectivity index (χ1) is 9.47. The van der Waals surface area contributed by atoms with Crippen LogP contribution < -0.4 is 5.32 Å². The maximum Gasteiger partial charge on any atom is 0.293 e. The van der Waals surface area contributed by atoms with Gasteiger partial charge in [-0.2, -0.15) is 0 Å². The number of rotatable bonds is 7. The molecule has 0 spiro atoms. The summed E-state index contributed by atoms with van der Waals surface area (Å²) in [5.41, 5.74) is 0.826. The number of benzene rings is 1. The van der Waals surface area contributed by atoms with E-state index in [-0.39, 0.29) is 17.5 Å². The third-order valence-corrected chi connectivity index (χ3v) is 3.71. The monoisotopic (exact) mass is 276 g/mol. The van der Waals surface area contributed by atoms with E-state index in [1.165, 1.54) is 32.3 Å². The molecule has 1 aromatic rings. The van der Waals surface area contributed by atoms with Gasteiger partial charge < -0.3 is 5.32 Å². The first-order valence-electron chi connectivity index (χ1n) is 7.03. The van der Waals surface area contributed by atoms with E-state index in [4.69, 9.17) is 0 Å². The van der Waals surface area contributed by atoms with E-state index in [1.807, 2.05) is 6.92 Å². The Kier molecular flexibility index (Phi) is 4.37. The van der Waals surface area contributed by atoms with Crippen molar-refractivity contribution in [3.63, 3.8) is 0 Å². The molecule has 5 nitrogen and oxygen atoms in total. The van der Waals surface area contributed by atoms with Gasteiger partial charge in [0.05, 0.1) is 4.92 Å². The van der Waals surface area contributed by atoms with Crippen LogP contribution in [0.25, 0.3) is 0 Å². The summed E-state index contributed by atoms with van der Waals surface area (Å²) < 4.78 is 0. The van der Waals surface area contributed by atoms with Gasteiger partial charge in [0.15, 0.2) is 5.78 Å². The Balaban J connectivity index is 2.08. The summed E-state index contributed by atoms with van der Waals surface area (Å²) in [6, 6.07) is 4.80. The van der Waals surface area contributed by atoms with Crippen LogP contribution in [0.2, 0.25) is 0 Å². The van der Waals surface area contributed by atoms with Crippen LogP contribution in [-0.4, -0.2) is 16.7 Å². The summed E-state index contributed by atoms with van der Waals surface area (Å²) in [6.07, 6.45) is 4.82. The predicted octanol–water partition coefficient (Wildman–Crippen LogP) is 3.79. The summed E-state index contributed by atoms with van der Waals surface area (Å²) >= 11 is 0. The summed E-state index contributed by atoms with van der Waals surface area (Å²) in [7, 11) is 0. The number of hydrogen-bond acceptors (Lipinski definition) is 4. The first-order valence-corrected chi connectivity index (χ1v) is 7.03. The normalized spacial score (nSPS) is 15.7. The standard InChI is InChI=1S/C15H20N2O3/c1-10(3-4-12-5-6-12)16-14-8-7-13(11(2)18)9-15(14)17(19)20/h7-10,12,16H,3-6H2,1-2H3. The molecule has 1 fully saturated rings. The lowest BCUT2D eigenvalue weighted by Crippen LogP contribution is -2.16. The van der Waals surface area contributed by atoms with Crippen LogP contribution in [0.1, 0.15) is 49.9 Å². The highest BCUT2D eigenvalue weighted by atomic mass is 16.6. The van der Waals surface area contributed by atoms with E-state index < -0.39 is 4.92 Å². The largest absolute Gasteiger partial charge is 0.377 e. The van der Waals surface area contributed by atoms with Crippen LogP contribution in [0, 0.1) is 16.0 Å². The van der Waals surface area contributed by atoms with Gasteiger partial charge in [-0.3, -0.25) is 14.9 Å². The molecule has 0 heterocycles. The SMILES string of the molecule is CC(=O)c1ccc(NC(C)CCC2CC2)c([N+](=O)[O-])c1. The van der Waals surface area contributed by atoms with Crippen LogP contribution in [0.5, 0.6) is 0 Å². The Morgan fingerprint density at radius 2 is 2.20 bits per heavy atom. The van der Waals surface area contributed by atoms with E-state index in [0.29, 0.717) is 11.3 Å². The van der Waals surface area contributed by atoms with E-state index >= 15 is 0 Å². The molecular formula is C15H20N2O3. The average Bonchev–Trinajstić information content (AvgIpc) is 3.20. The van der Waals surface area contributed by atoms with E-state index in [9.17, 15) is 14.9 Å². The highest BCUT2D eigenvalue weighted by molar-refractivity contribution is 5.95. The van der Waals surface area contributed by atoms with Gasteiger partial charge in [0, 0.05) is 17.7 Å². The summed E-state index contributed by atoms with van der Waals surface area (Å²) in [5.74, 6) is 0.691. The predicted molar refractivity (Wildman–Crippen MR) is 78.1 cm³/mol. The second-order valence-electron chi connectivity index (χ2n) is 5.61. The van der Waals surface area contributed by atoms with Crippen LogP contribution in [0.3, 0.4) is 0 Å². The second kappa shape index (κ2) is 6.03. The van der Waals surface area contributed by atoms with Gasteiger partial charge in [-0.15, -0.1) is 0 Å². The van der Waals surface area contributed by atoms with Gasteiger partial charge in [0.1, 0.15) is 5.69 Å². The molecule has 0 saturated heterocycles. The van der Waals surface area contributed by atoms with Crippen molar-refractivity contribution in [2.24, 2.45) is 5.92 Å². The number of nitro benzene ring substituents is 1. The summed E-state index contributed by atoms with van der Waals surface area (Å²) in [6.45, 7) is 3.44. The third kappa shape index (κ3) is 3.79. The Morgan fingerprint density at radius 3 is 2.75 bits per heavy atom. The van der Waals surface area contributed by atoms with Crippen LogP contribution in [0.15, 0.2) is 18.2 Å². The molecule has 0 aromatic heterocycles.